The number of aryl methyl sites for hydroxylation is 1. The number of benzene rings is 1. The van der Waals surface area contributed by atoms with Crippen molar-refractivity contribution >= 4 is 17.0 Å². The lowest BCUT2D eigenvalue weighted by atomic mass is 10.0. The van der Waals surface area contributed by atoms with Crippen LogP contribution in [0, 0.1) is 12.8 Å². The van der Waals surface area contributed by atoms with Gasteiger partial charge in [-0.15, -0.1) is 0 Å². The van der Waals surface area contributed by atoms with Gasteiger partial charge in [0, 0.05) is 6.04 Å². The van der Waals surface area contributed by atoms with Crippen molar-refractivity contribution < 1.29 is 9.90 Å². The Kier molecular flexibility index (Phi) is 4.66. The number of carboxylic acids is 1. The third-order valence-electron chi connectivity index (χ3n) is 3.96. The monoisotopic (exact) mass is 288 g/mol. The second-order valence-electron chi connectivity index (χ2n) is 6.18. The van der Waals surface area contributed by atoms with Gasteiger partial charge in [0.25, 0.3) is 0 Å². The molecule has 2 rings (SSSR count). The van der Waals surface area contributed by atoms with Gasteiger partial charge < -0.3 is 9.67 Å². The highest BCUT2D eigenvalue weighted by molar-refractivity contribution is 6.01. The summed E-state index contributed by atoms with van der Waals surface area (Å²) in [6, 6.07) is 5.55. The number of aromatic nitrogens is 2. The van der Waals surface area contributed by atoms with Gasteiger partial charge in [0.2, 0.25) is 0 Å². The predicted molar refractivity (Wildman–Crippen MR) is 84.8 cm³/mol. The fourth-order valence-electron chi connectivity index (χ4n) is 2.93. The third kappa shape index (κ3) is 3.26. The zero-order valence-corrected chi connectivity index (χ0v) is 13.3. The van der Waals surface area contributed by atoms with Gasteiger partial charge in [-0.3, -0.25) is 0 Å². The van der Waals surface area contributed by atoms with Gasteiger partial charge in [-0.05, 0) is 38.3 Å². The minimum absolute atomic E-state index is 0.259. The predicted octanol–water partition coefficient (Wildman–Crippen LogP) is 4.43. The first kappa shape index (κ1) is 15.5. The van der Waals surface area contributed by atoms with E-state index in [1.807, 2.05) is 13.0 Å². The van der Waals surface area contributed by atoms with Crippen LogP contribution in [0.3, 0.4) is 0 Å². The summed E-state index contributed by atoms with van der Waals surface area (Å²) in [5.41, 5.74) is 1.85. The molecule has 0 spiro atoms. The summed E-state index contributed by atoms with van der Waals surface area (Å²) >= 11 is 0. The first-order valence-corrected chi connectivity index (χ1v) is 7.62. The number of nitrogens with zero attached hydrogens (tertiary/aromatic N) is 2. The number of fused-ring (bicyclic) bond motifs is 1. The second-order valence-corrected chi connectivity index (χ2v) is 6.18. The van der Waals surface area contributed by atoms with E-state index in [0.29, 0.717) is 11.5 Å². The van der Waals surface area contributed by atoms with Crippen LogP contribution in [0.1, 0.15) is 62.3 Å². The molecule has 2 aromatic rings. The Labute approximate surface area is 125 Å². The quantitative estimate of drug-likeness (QED) is 0.855. The van der Waals surface area contributed by atoms with Crippen LogP contribution in [0.25, 0.3) is 11.0 Å². The summed E-state index contributed by atoms with van der Waals surface area (Å²) in [5.74, 6) is 0.694. The van der Waals surface area contributed by atoms with E-state index in [-0.39, 0.29) is 6.04 Å². The second kappa shape index (κ2) is 6.29. The lowest BCUT2D eigenvalue weighted by Gasteiger charge is -2.18. The Morgan fingerprint density at radius 3 is 2.62 bits per heavy atom. The lowest BCUT2D eigenvalue weighted by Crippen LogP contribution is -2.10. The van der Waals surface area contributed by atoms with Crippen LogP contribution >= 0.6 is 0 Å². The van der Waals surface area contributed by atoms with Crippen molar-refractivity contribution in [1.29, 1.82) is 0 Å². The van der Waals surface area contributed by atoms with Crippen molar-refractivity contribution in [3.63, 3.8) is 0 Å². The SMILES string of the molecule is Cc1nc2cccc(C(=O)O)c2n1C(C)CCCC(C)C. The zero-order chi connectivity index (χ0) is 15.6. The Morgan fingerprint density at radius 1 is 1.29 bits per heavy atom. The van der Waals surface area contributed by atoms with Crippen molar-refractivity contribution in [3.8, 4) is 0 Å². The minimum atomic E-state index is -0.892. The van der Waals surface area contributed by atoms with Gasteiger partial charge >= 0.3 is 5.97 Å². The van der Waals surface area contributed by atoms with E-state index < -0.39 is 5.97 Å². The van der Waals surface area contributed by atoms with E-state index in [2.05, 4.69) is 30.3 Å². The number of hydrogen-bond acceptors (Lipinski definition) is 2. The van der Waals surface area contributed by atoms with Gasteiger partial charge in [0.1, 0.15) is 5.82 Å². The molecular weight excluding hydrogens is 264 g/mol. The molecule has 4 nitrogen and oxygen atoms in total. The summed E-state index contributed by atoms with van der Waals surface area (Å²) < 4.78 is 2.08. The maximum Gasteiger partial charge on any atom is 0.337 e. The highest BCUT2D eigenvalue weighted by Gasteiger charge is 2.19. The molecule has 0 amide bonds. The summed E-state index contributed by atoms with van der Waals surface area (Å²) in [4.78, 5) is 16.0. The first-order valence-electron chi connectivity index (χ1n) is 7.62. The highest BCUT2D eigenvalue weighted by atomic mass is 16.4. The van der Waals surface area contributed by atoms with Crippen LogP contribution in [0.15, 0.2) is 18.2 Å². The van der Waals surface area contributed by atoms with Crippen molar-refractivity contribution in [3.05, 3.63) is 29.6 Å². The molecule has 4 heteroatoms. The van der Waals surface area contributed by atoms with Crippen molar-refractivity contribution in [2.75, 3.05) is 0 Å². The van der Waals surface area contributed by atoms with Crippen LogP contribution in [0.5, 0.6) is 0 Å². The standard InChI is InChI=1S/C17H24N2O2/c1-11(2)7-5-8-12(3)19-13(4)18-15-10-6-9-14(16(15)19)17(20)21/h6,9-12H,5,7-8H2,1-4H3,(H,20,21). The summed E-state index contributed by atoms with van der Waals surface area (Å²) in [5, 5.41) is 9.41. The highest BCUT2D eigenvalue weighted by Crippen LogP contribution is 2.27. The molecule has 0 radical (unpaired) electrons. The number of hydrogen-bond donors (Lipinski definition) is 1. The van der Waals surface area contributed by atoms with E-state index >= 15 is 0 Å². The van der Waals surface area contributed by atoms with E-state index in [1.54, 1.807) is 12.1 Å². The van der Waals surface area contributed by atoms with Crippen LogP contribution in [-0.2, 0) is 0 Å². The minimum Gasteiger partial charge on any atom is -0.478 e. The van der Waals surface area contributed by atoms with Crippen molar-refractivity contribution in [1.82, 2.24) is 9.55 Å². The molecule has 1 unspecified atom stereocenters. The molecule has 0 aliphatic heterocycles. The molecular formula is C17H24N2O2. The molecule has 0 aliphatic carbocycles. The molecule has 1 heterocycles. The van der Waals surface area contributed by atoms with Gasteiger partial charge in [-0.25, -0.2) is 9.78 Å². The molecule has 0 saturated carbocycles. The average molecular weight is 288 g/mol. The van der Waals surface area contributed by atoms with E-state index in [9.17, 15) is 9.90 Å². The van der Waals surface area contributed by atoms with Crippen molar-refractivity contribution in [2.45, 2.75) is 53.0 Å². The Morgan fingerprint density at radius 2 is 2.00 bits per heavy atom. The summed E-state index contributed by atoms with van der Waals surface area (Å²) in [7, 11) is 0. The van der Waals surface area contributed by atoms with E-state index in [1.165, 1.54) is 6.42 Å². The molecule has 0 saturated heterocycles. The lowest BCUT2D eigenvalue weighted by molar-refractivity contribution is 0.0698. The fraction of sp³-hybridized carbons (Fsp3) is 0.529. The van der Waals surface area contributed by atoms with E-state index in [4.69, 9.17) is 0 Å². The van der Waals surface area contributed by atoms with Crippen LogP contribution in [0.4, 0.5) is 0 Å². The van der Waals surface area contributed by atoms with E-state index in [0.717, 1.165) is 29.7 Å². The molecule has 1 N–H and O–H groups in total. The third-order valence-corrected chi connectivity index (χ3v) is 3.96. The Bertz CT molecular complexity index is 644. The topological polar surface area (TPSA) is 55.1 Å². The smallest absolute Gasteiger partial charge is 0.337 e. The number of carbonyl (C=O) groups is 1. The zero-order valence-electron chi connectivity index (χ0n) is 13.3. The molecule has 1 atom stereocenters. The first-order chi connectivity index (χ1) is 9.91. The molecule has 114 valence electrons. The maximum atomic E-state index is 11.5. The van der Waals surface area contributed by atoms with Crippen LogP contribution in [-0.4, -0.2) is 20.6 Å². The normalized spacial score (nSPS) is 13.0. The maximum absolute atomic E-state index is 11.5. The van der Waals surface area contributed by atoms with Crippen LogP contribution in [0.2, 0.25) is 0 Å². The number of para-hydroxylation sites is 1. The number of imidazole rings is 1. The molecule has 1 aromatic heterocycles. The molecule has 0 bridgehead atoms. The Balaban J connectivity index is 2.38. The summed E-state index contributed by atoms with van der Waals surface area (Å²) in [6.07, 6.45) is 3.38. The van der Waals surface area contributed by atoms with Gasteiger partial charge in [0.05, 0.1) is 16.6 Å². The average Bonchev–Trinajstić information content (AvgIpc) is 2.73. The molecule has 1 aromatic carbocycles. The van der Waals surface area contributed by atoms with Gasteiger partial charge in [0.15, 0.2) is 0 Å². The summed E-state index contributed by atoms with van der Waals surface area (Å²) in [6.45, 7) is 8.55. The number of carboxylic acid groups (broad SMARTS) is 1. The molecule has 21 heavy (non-hydrogen) atoms. The molecule has 0 aliphatic rings. The number of rotatable bonds is 6. The van der Waals surface area contributed by atoms with Gasteiger partial charge in [-0.1, -0.05) is 32.8 Å². The van der Waals surface area contributed by atoms with Gasteiger partial charge in [-0.2, -0.15) is 0 Å². The molecule has 0 fully saturated rings. The largest absolute Gasteiger partial charge is 0.478 e. The van der Waals surface area contributed by atoms with Crippen LogP contribution < -0.4 is 0 Å². The fourth-order valence-corrected chi connectivity index (χ4v) is 2.93. The number of aromatic carboxylic acids is 1. The van der Waals surface area contributed by atoms with Crippen molar-refractivity contribution in [2.24, 2.45) is 5.92 Å². The Hall–Kier alpha value is -1.84.